The summed E-state index contributed by atoms with van der Waals surface area (Å²) in [6, 6.07) is 18.9. The molecule has 29 heavy (non-hydrogen) atoms. The first kappa shape index (κ1) is 20.1. The molecule has 0 radical (unpaired) electrons. The van der Waals surface area contributed by atoms with Crippen LogP contribution >= 0.6 is 0 Å². The second-order valence-electron chi connectivity index (χ2n) is 8.08. The third-order valence-electron chi connectivity index (χ3n) is 5.94. The molecule has 5 nitrogen and oxygen atoms in total. The molecule has 0 bridgehead atoms. The fourth-order valence-corrected chi connectivity index (χ4v) is 4.29. The normalized spacial score (nSPS) is 19.9. The van der Waals surface area contributed by atoms with Gasteiger partial charge in [-0.3, -0.25) is 10.1 Å². The molecule has 1 unspecified atom stereocenters. The Bertz CT molecular complexity index is 791. The Labute approximate surface area is 172 Å². The zero-order valence-corrected chi connectivity index (χ0v) is 17.0. The monoisotopic (exact) mass is 394 g/mol. The highest BCUT2D eigenvalue weighted by molar-refractivity contribution is 5.78. The maximum atomic E-state index is 12.6. The maximum Gasteiger partial charge on any atom is 0.234 e. The molecular formula is C24H30N2O3. The highest BCUT2D eigenvalue weighted by atomic mass is 16.7. The van der Waals surface area contributed by atoms with Gasteiger partial charge in [0.05, 0.1) is 25.8 Å². The molecule has 2 aromatic carbocycles. The minimum Gasteiger partial charge on any atom is -0.352 e. The molecule has 1 amide bonds. The standard InChI is InChI=1S/C24H30N2O3/c1-18-7-9-20(10-8-18)23(19-5-3-2-4-6-19)25-17-22(27)26-21-11-13-24(14-12-21)28-15-16-29-24/h2-10,21,23,25H,11-17H2,1H3,(H,26,27). The van der Waals surface area contributed by atoms with E-state index in [9.17, 15) is 4.79 Å². The van der Waals surface area contributed by atoms with Crippen molar-refractivity contribution in [2.75, 3.05) is 19.8 Å². The first-order valence-electron chi connectivity index (χ1n) is 10.6. The van der Waals surface area contributed by atoms with Gasteiger partial charge in [0.15, 0.2) is 5.79 Å². The van der Waals surface area contributed by atoms with Gasteiger partial charge in [0.2, 0.25) is 5.91 Å². The number of nitrogens with one attached hydrogen (secondary N) is 2. The summed E-state index contributed by atoms with van der Waals surface area (Å²) in [5.74, 6) is -0.351. The van der Waals surface area contributed by atoms with Gasteiger partial charge in [0.1, 0.15) is 0 Å². The number of ether oxygens (including phenoxy) is 2. The van der Waals surface area contributed by atoms with Crippen LogP contribution in [0.1, 0.15) is 48.4 Å². The lowest BCUT2D eigenvalue weighted by Crippen LogP contribution is -2.46. The van der Waals surface area contributed by atoms with E-state index in [1.807, 2.05) is 18.2 Å². The number of amides is 1. The number of rotatable bonds is 6. The van der Waals surface area contributed by atoms with Gasteiger partial charge in [-0.05, 0) is 30.9 Å². The lowest BCUT2D eigenvalue weighted by atomic mass is 9.90. The van der Waals surface area contributed by atoms with E-state index in [4.69, 9.17) is 9.47 Å². The van der Waals surface area contributed by atoms with Crippen molar-refractivity contribution in [3.05, 3.63) is 71.3 Å². The van der Waals surface area contributed by atoms with Gasteiger partial charge in [-0.25, -0.2) is 0 Å². The lowest BCUT2D eigenvalue weighted by Gasteiger charge is -2.35. The van der Waals surface area contributed by atoms with Crippen molar-refractivity contribution in [1.82, 2.24) is 10.6 Å². The summed E-state index contributed by atoms with van der Waals surface area (Å²) < 4.78 is 11.5. The van der Waals surface area contributed by atoms with Crippen LogP contribution in [-0.4, -0.2) is 37.5 Å². The quantitative estimate of drug-likeness (QED) is 0.788. The number of carbonyl (C=O) groups is 1. The van der Waals surface area contributed by atoms with E-state index in [-0.39, 0.29) is 30.3 Å². The number of hydrogen-bond donors (Lipinski definition) is 2. The van der Waals surface area contributed by atoms with E-state index in [0.717, 1.165) is 36.8 Å². The molecule has 2 aromatic rings. The molecule has 2 N–H and O–H groups in total. The van der Waals surface area contributed by atoms with E-state index in [2.05, 4.69) is 54.0 Å². The Hall–Kier alpha value is -2.21. The van der Waals surface area contributed by atoms with Crippen LogP contribution in [0.15, 0.2) is 54.6 Å². The van der Waals surface area contributed by atoms with Gasteiger partial charge in [-0.1, -0.05) is 60.2 Å². The Kier molecular flexibility index (Phi) is 6.28. The minimum absolute atomic E-state index is 0.0162. The summed E-state index contributed by atoms with van der Waals surface area (Å²) in [6.07, 6.45) is 3.49. The molecule has 1 atom stereocenters. The SMILES string of the molecule is Cc1ccc(C(NCC(=O)NC2CCC3(CC2)OCCO3)c2ccccc2)cc1. The fourth-order valence-electron chi connectivity index (χ4n) is 4.29. The maximum absolute atomic E-state index is 12.6. The van der Waals surface area contributed by atoms with Crippen molar-refractivity contribution < 1.29 is 14.3 Å². The number of benzene rings is 2. The summed E-state index contributed by atoms with van der Waals surface area (Å²) in [6.45, 7) is 3.72. The second kappa shape index (κ2) is 9.08. The summed E-state index contributed by atoms with van der Waals surface area (Å²) in [7, 11) is 0. The predicted octanol–water partition coefficient (Wildman–Crippen LogP) is 3.48. The highest BCUT2D eigenvalue weighted by Gasteiger charge is 2.40. The van der Waals surface area contributed by atoms with Crippen LogP contribution < -0.4 is 10.6 Å². The molecule has 2 fully saturated rings. The van der Waals surface area contributed by atoms with Crippen LogP contribution in [0.5, 0.6) is 0 Å². The van der Waals surface area contributed by atoms with Gasteiger partial charge >= 0.3 is 0 Å². The molecule has 1 saturated heterocycles. The van der Waals surface area contributed by atoms with Gasteiger partial charge < -0.3 is 14.8 Å². The van der Waals surface area contributed by atoms with Crippen LogP contribution in [0.4, 0.5) is 0 Å². The molecule has 154 valence electrons. The summed E-state index contributed by atoms with van der Waals surface area (Å²) in [5.41, 5.74) is 3.53. The molecule has 1 aliphatic heterocycles. The van der Waals surface area contributed by atoms with Gasteiger partial charge in [0.25, 0.3) is 0 Å². The first-order chi connectivity index (χ1) is 14.1. The largest absolute Gasteiger partial charge is 0.352 e. The van der Waals surface area contributed by atoms with Crippen LogP contribution in [0.25, 0.3) is 0 Å². The van der Waals surface area contributed by atoms with Gasteiger partial charge in [-0.2, -0.15) is 0 Å². The summed E-state index contributed by atoms with van der Waals surface area (Å²) in [4.78, 5) is 12.6. The summed E-state index contributed by atoms with van der Waals surface area (Å²) in [5, 5.41) is 6.63. The molecule has 2 aliphatic rings. The Morgan fingerprint density at radius 1 is 1.00 bits per heavy atom. The molecule has 5 heteroatoms. The average molecular weight is 395 g/mol. The first-order valence-corrected chi connectivity index (χ1v) is 10.6. The minimum atomic E-state index is -0.386. The van der Waals surface area contributed by atoms with Gasteiger partial charge in [-0.15, -0.1) is 0 Å². The van der Waals surface area contributed by atoms with Gasteiger partial charge in [0, 0.05) is 18.9 Å². The Morgan fingerprint density at radius 2 is 1.62 bits per heavy atom. The zero-order valence-electron chi connectivity index (χ0n) is 17.0. The topological polar surface area (TPSA) is 59.6 Å². The summed E-state index contributed by atoms with van der Waals surface area (Å²) >= 11 is 0. The van der Waals surface area contributed by atoms with E-state index >= 15 is 0 Å². The Morgan fingerprint density at radius 3 is 2.28 bits per heavy atom. The average Bonchev–Trinajstić information content (AvgIpc) is 3.20. The van der Waals surface area contributed by atoms with Crippen molar-refractivity contribution >= 4 is 5.91 Å². The van der Waals surface area contributed by atoms with Crippen molar-refractivity contribution in [2.24, 2.45) is 0 Å². The van der Waals surface area contributed by atoms with E-state index in [1.54, 1.807) is 0 Å². The van der Waals surface area contributed by atoms with Crippen LogP contribution in [-0.2, 0) is 14.3 Å². The fraction of sp³-hybridized carbons (Fsp3) is 0.458. The third-order valence-corrected chi connectivity index (χ3v) is 5.94. The molecule has 0 aromatic heterocycles. The zero-order chi connectivity index (χ0) is 20.1. The predicted molar refractivity (Wildman–Crippen MR) is 113 cm³/mol. The van der Waals surface area contributed by atoms with Crippen LogP contribution in [0, 0.1) is 6.92 Å². The van der Waals surface area contributed by atoms with Crippen LogP contribution in [0.2, 0.25) is 0 Å². The van der Waals surface area contributed by atoms with Crippen LogP contribution in [0.3, 0.4) is 0 Å². The second-order valence-corrected chi connectivity index (χ2v) is 8.08. The third kappa shape index (κ3) is 5.04. The van der Waals surface area contributed by atoms with E-state index in [1.165, 1.54) is 5.56 Å². The number of carbonyl (C=O) groups excluding carboxylic acids is 1. The molecular weight excluding hydrogens is 364 g/mol. The lowest BCUT2D eigenvalue weighted by molar-refractivity contribution is -0.180. The molecule has 1 spiro atoms. The van der Waals surface area contributed by atoms with Crippen molar-refractivity contribution in [3.63, 3.8) is 0 Å². The molecule has 1 saturated carbocycles. The highest BCUT2D eigenvalue weighted by Crippen LogP contribution is 2.35. The van der Waals surface area contributed by atoms with E-state index in [0.29, 0.717) is 13.2 Å². The smallest absolute Gasteiger partial charge is 0.234 e. The molecule has 1 heterocycles. The number of hydrogen-bond acceptors (Lipinski definition) is 4. The van der Waals surface area contributed by atoms with E-state index < -0.39 is 0 Å². The van der Waals surface area contributed by atoms with Crippen molar-refractivity contribution in [3.8, 4) is 0 Å². The number of aryl methyl sites for hydroxylation is 1. The molecule has 1 aliphatic carbocycles. The molecule has 4 rings (SSSR count). The Balaban J connectivity index is 1.33. The van der Waals surface area contributed by atoms with Crippen molar-refractivity contribution in [2.45, 2.75) is 50.5 Å². The van der Waals surface area contributed by atoms with Crippen molar-refractivity contribution in [1.29, 1.82) is 0 Å².